The van der Waals surface area contributed by atoms with E-state index in [0.29, 0.717) is 18.9 Å². The molecule has 2 N–H and O–H groups in total. The summed E-state index contributed by atoms with van der Waals surface area (Å²) in [7, 11) is 0. The number of hydrogen-bond donors (Lipinski definition) is 2. The van der Waals surface area contributed by atoms with Crippen molar-refractivity contribution in [2.75, 3.05) is 13.2 Å². The van der Waals surface area contributed by atoms with Crippen LogP contribution in [0.25, 0.3) is 0 Å². The van der Waals surface area contributed by atoms with E-state index in [4.69, 9.17) is 4.74 Å². The summed E-state index contributed by atoms with van der Waals surface area (Å²) in [5, 5.41) is 5.27. The van der Waals surface area contributed by atoms with E-state index in [2.05, 4.69) is 24.5 Å². The minimum Gasteiger partial charge on any atom is -0.378 e. The fraction of sp³-hybridized carbons (Fsp3) is 0.556. The first-order valence-corrected chi connectivity index (χ1v) is 8.53. The number of carbonyl (C=O) groups is 2. The van der Waals surface area contributed by atoms with Crippen LogP contribution in [-0.4, -0.2) is 37.1 Å². The largest absolute Gasteiger partial charge is 0.416 e. The maximum absolute atomic E-state index is 12.5. The van der Waals surface area contributed by atoms with Gasteiger partial charge in [-0.15, -0.1) is 0 Å². The molecule has 1 aromatic carbocycles. The fourth-order valence-electron chi connectivity index (χ4n) is 2.78. The molecule has 0 aromatic heterocycles. The third-order valence-electron chi connectivity index (χ3n) is 4.31. The van der Waals surface area contributed by atoms with E-state index in [1.807, 2.05) is 0 Å². The number of alkyl halides is 3. The lowest BCUT2D eigenvalue weighted by Crippen LogP contribution is -2.46. The number of nitrogens with one attached hydrogen (secondary N) is 2. The Morgan fingerprint density at radius 1 is 1.23 bits per heavy atom. The van der Waals surface area contributed by atoms with Gasteiger partial charge in [0.25, 0.3) is 5.91 Å². The average Bonchev–Trinajstić information content (AvgIpc) is 2.59. The van der Waals surface area contributed by atoms with Gasteiger partial charge in [0.05, 0.1) is 18.2 Å². The number of benzene rings is 1. The van der Waals surface area contributed by atoms with Crippen molar-refractivity contribution in [2.45, 2.75) is 45.0 Å². The lowest BCUT2D eigenvalue weighted by Gasteiger charge is -2.32. The Balaban J connectivity index is 1.80. The van der Waals surface area contributed by atoms with E-state index in [9.17, 15) is 22.8 Å². The van der Waals surface area contributed by atoms with Crippen LogP contribution >= 0.6 is 0 Å². The Labute approximate surface area is 150 Å². The van der Waals surface area contributed by atoms with Crippen molar-refractivity contribution in [1.82, 2.24) is 10.6 Å². The molecule has 1 aliphatic heterocycles. The summed E-state index contributed by atoms with van der Waals surface area (Å²) < 4.78 is 43.2. The first-order chi connectivity index (χ1) is 12.2. The third kappa shape index (κ3) is 5.72. The van der Waals surface area contributed by atoms with Crippen molar-refractivity contribution >= 4 is 11.8 Å². The molecular formula is C18H23F3N2O3. The number of ether oxygens (including phenoxy) is 1. The van der Waals surface area contributed by atoms with Gasteiger partial charge in [0, 0.05) is 18.2 Å². The summed E-state index contributed by atoms with van der Waals surface area (Å²) in [6, 6.07) is 3.84. The normalized spacial score (nSPS) is 20.7. The van der Waals surface area contributed by atoms with Gasteiger partial charge < -0.3 is 15.4 Å². The molecule has 0 radical (unpaired) electrons. The molecule has 0 bridgehead atoms. The number of carbonyl (C=O) groups excluding carboxylic acids is 2. The van der Waals surface area contributed by atoms with Crippen LogP contribution in [0.3, 0.4) is 0 Å². The molecule has 1 fully saturated rings. The summed E-state index contributed by atoms with van der Waals surface area (Å²) in [5.41, 5.74) is -0.761. The molecule has 26 heavy (non-hydrogen) atoms. The first-order valence-electron chi connectivity index (χ1n) is 8.53. The van der Waals surface area contributed by atoms with Crippen LogP contribution < -0.4 is 10.6 Å². The highest BCUT2D eigenvalue weighted by Crippen LogP contribution is 2.29. The van der Waals surface area contributed by atoms with E-state index in [1.165, 1.54) is 0 Å². The van der Waals surface area contributed by atoms with Crippen molar-refractivity contribution in [3.63, 3.8) is 0 Å². The molecule has 0 spiro atoms. The van der Waals surface area contributed by atoms with E-state index in [-0.39, 0.29) is 30.2 Å². The minimum absolute atomic E-state index is 0.00776. The van der Waals surface area contributed by atoms with Crippen molar-refractivity contribution in [1.29, 1.82) is 0 Å². The second kappa shape index (κ2) is 8.53. The Hall–Kier alpha value is -2.09. The van der Waals surface area contributed by atoms with Gasteiger partial charge in [-0.05, 0) is 43.0 Å². The van der Waals surface area contributed by atoms with E-state index >= 15 is 0 Å². The average molecular weight is 372 g/mol. The van der Waals surface area contributed by atoms with Crippen molar-refractivity contribution in [2.24, 2.45) is 5.92 Å². The Morgan fingerprint density at radius 2 is 1.88 bits per heavy atom. The van der Waals surface area contributed by atoms with Crippen LogP contribution in [0.4, 0.5) is 13.2 Å². The summed E-state index contributed by atoms with van der Waals surface area (Å²) in [5.74, 6) is -0.574. The number of amides is 2. The van der Waals surface area contributed by atoms with Crippen molar-refractivity contribution in [3.8, 4) is 0 Å². The molecule has 0 aliphatic carbocycles. The molecule has 1 aliphatic rings. The van der Waals surface area contributed by atoms with Crippen molar-refractivity contribution < 1.29 is 27.5 Å². The first kappa shape index (κ1) is 20.2. The summed E-state index contributed by atoms with van der Waals surface area (Å²) >= 11 is 0. The molecule has 144 valence electrons. The predicted molar refractivity (Wildman–Crippen MR) is 89.5 cm³/mol. The van der Waals surface area contributed by atoms with Gasteiger partial charge in [-0.25, -0.2) is 0 Å². The number of halogens is 3. The fourth-order valence-corrected chi connectivity index (χ4v) is 2.78. The van der Waals surface area contributed by atoms with E-state index in [0.717, 1.165) is 30.7 Å². The quantitative estimate of drug-likeness (QED) is 0.835. The van der Waals surface area contributed by atoms with Gasteiger partial charge in [-0.2, -0.15) is 13.2 Å². The van der Waals surface area contributed by atoms with Crippen LogP contribution in [0, 0.1) is 5.92 Å². The highest BCUT2D eigenvalue weighted by atomic mass is 19.4. The molecule has 1 saturated heterocycles. The Morgan fingerprint density at radius 3 is 2.46 bits per heavy atom. The third-order valence-corrected chi connectivity index (χ3v) is 4.31. The molecule has 2 rings (SSSR count). The summed E-state index contributed by atoms with van der Waals surface area (Å²) in [4.78, 5) is 23.9. The van der Waals surface area contributed by atoms with Gasteiger partial charge in [0.1, 0.15) is 0 Å². The zero-order valence-electron chi connectivity index (χ0n) is 14.7. The van der Waals surface area contributed by atoms with Crippen LogP contribution in [0.5, 0.6) is 0 Å². The molecule has 1 heterocycles. The molecule has 0 unspecified atom stereocenters. The van der Waals surface area contributed by atoms with E-state index < -0.39 is 17.6 Å². The molecule has 8 heteroatoms. The van der Waals surface area contributed by atoms with Crippen LogP contribution in [-0.2, 0) is 15.7 Å². The lowest BCUT2D eigenvalue weighted by molar-refractivity contribution is -0.137. The zero-order valence-corrected chi connectivity index (χ0v) is 14.7. The highest BCUT2D eigenvalue weighted by Gasteiger charge is 2.30. The van der Waals surface area contributed by atoms with E-state index in [1.54, 1.807) is 0 Å². The second-order valence-electron chi connectivity index (χ2n) is 6.70. The van der Waals surface area contributed by atoms with Gasteiger partial charge in [0.15, 0.2) is 0 Å². The van der Waals surface area contributed by atoms with Gasteiger partial charge in [-0.1, -0.05) is 13.8 Å². The lowest BCUT2D eigenvalue weighted by atomic mass is 9.95. The second-order valence-corrected chi connectivity index (χ2v) is 6.70. The SMILES string of the molecule is CC(C)[C@@H]1C[C@@H](NC(=O)CNC(=O)c2ccc(C(F)(F)F)cc2)CCO1. The summed E-state index contributed by atoms with van der Waals surface area (Å²) in [6.07, 6.45) is -2.93. The molecule has 0 saturated carbocycles. The monoisotopic (exact) mass is 372 g/mol. The maximum Gasteiger partial charge on any atom is 0.416 e. The molecule has 2 atom stereocenters. The van der Waals surface area contributed by atoms with Crippen LogP contribution in [0.1, 0.15) is 42.6 Å². The van der Waals surface area contributed by atoms with Gasteiger partial charge in [-0.3, -0.25) is 9.59 Å². The van der Waals surface area contributed by atoms with Crippen molar-refractivity contribution in [3.05, 3.63) is 35.4 Å². The van der Waals surface area contributed by atoms with Crippen LogP contribution in [0.15, 0.2) is 24.3 Å². The predicted octanol–water partition coefficient (Wildman–Crippen LogP) is 2.76. The molecular weight excluding hydrogens is 349 g/mol. The van der Waals surface area contributed by atoms with Gasteiger partial charge >= 0.3 is 6.18 Å². The molecule has 5 nitrogen and oxygen atoms in total. The van der Waals surface area contributed by atoms with Crippen LogP contribution in [0.2, 0.25) is 0 Å². The smallest absolute Gasteiger partial charge is 0.378 e. The molecule has 2 amide bonds. The highest BCUT2D eigenvalue weighted by molar-refractivity contribution is 5.96. The summed E-state index contributed by atoms with van der Waals surface area (Å²) in [6.45, 7) is 4.45. The topological polar surface area (TPSA) is 67.4 Å². The minimum atomic E-state index is -4.45. The standard InChI is InChI=1S/C18H23F3N2O3/c1-11(2)15-9-14(7-8-26-15)23-16(24)10-22-17(25)12-3-5-13(6-4-12)18(19,20)21/h3-6,11,14-15H,7-10H2,1-2H3,(H,22,25)(H,23,24)/t14-,15-/m0/s1. The zero-order chi connectivity index (χ0) is 19.3. The Bertz CT molecular complexity index is 630. The maximum atomic E-state index is 12.5. The number of rotatable bonds is 5. The number of hydrogen-bond acceptors (Lipinski definition) is 3. The molecule has 1 aromatic rings. The Kier molecular flexibility index (Phi) is 6.63. The van der Waals surface area contributed by atoms with Gasteiger partial charge in [0.2, 0.25) is 5.91 Å².